The molecule has 9 heteroatoms. The predicted molar refractivity (Wildman–Crippen MR) is 137 cm³/mol. The third-order valence-electron chi connectivity index (χ3n) is 6.21. The van der Waals surface area contributed by atoms with E-state index in [2.05, 4.69) is 15.2 Å². The third-order valence-corrected chi connectivity index (χ3v) is 6.21. The molecule has 3 N–H and O–H groups in total. The molecule has 1 aliphatic carbocycles. The monoisotopic (exact) mass is 487 g/mol. The summed E-state index contributed by atoms with van der Waals surface area (Å²) in [5, 5.41) is 3.29. The molecule has 3 aromatic rings. The zero-order chi connectivity index (χ0) is 24.9. The summed E-state index contributed by atoms with van der Waals surface area (Å²) in [6.07, 6.45) is 3.62. The number of ether oxygens (including phenoxy) is 2. The molecule has 1 saturated carbocycles. The van der Waals surface area contributed by atoms with Crippen LogP contribution >= 0.6 is 0 Å². The van der Waals surface area contributed by atoms with Crippen molar-refractivity contribution in [2.45, 2.75) is 18.9 Å². The van der Waals surface area contributed by atoms with E-state index in [1.807, 2.05) is 48.5 Å². The first kappa shape index (κ1) is 23.6. The summed E-state index contributed by atoms with van der Waals surface area (Å²) in [5.41, 5.74) is 8.61. The van der Waals surface area contributed by atoms with Gasteiger partial charge in [0.25, 0.3) is 11.8 Å². The van der Waals surface area contributed by atoms with Gasteiger partial charge in [-0.15, -0.1) is 0 Å². The summed E-state index contributed by atoms with van der Waals surface area (Å²) < 4.78 is 10.9. The standard InChI is InChI=1S/C27H29N5O4/c28-27(34)23-17-29-25(16-24(23)32(21-8-9-21)20-4-2-1-3-5-20)30-19-6-10-22(11-7-19)36-18-26(33)31-12-14-35-15-13-31/h1-7,10-11,16-17,21H,8-9,12-15,18H2,(H2,28,34)(H,29,30). The minimum atomic E-state index is -0.515. The van der Waals surface area contributed by atoms with Crippen molar-refractivity contribution < 1.29 is 19.1 Å². The molecule has 0 radical (unpaired) electrons. The molecular weight excluding hydrogens is 458 g/mol. The van der Waals surface area contributed by atoms with Crippen LogP contribution in [0.25, 0.3) is 0 Å². The fraction of sp³-hybridized carbons (Fsp3) is 0.296. The van der Waals surface area contributed by atoms with E-state index in [9.17, 15) is 9.59 Å². The largest absolute Gasteiger partial charge is 0.484 e. The molecule has 5 rings (SSSR count). The highest BCUT2D eigenvalue weighted by molar-refractivity contribution is 6.00. The fourth-order valence-electron chi connectivity index (χ4n) is 4.20. The smallest absolute Gasteiger partial charge is 0.260 e. The number of hydrogen-bond donors (Lipinski definition) is 2. The molecule has 2 amide bonds. The van der Waals surface area contributed by atoms with Gasteiger partial charge in [0.1, 0.15) is 11.6 Å². The van der Waals surface area contributed by atoms with Gasteiger partial charge in [-0.2, -0.15) is 0 Å². The third kappa shape index (κ3) is 5.58. The lowest BCUT2D eigenvalue weighted by molar-refractivity contribution is -0.137. The van der Waals surface area contributed by atoms with Crippen LogP contribution in [0.1, 0.15) is 23.2 Å². The normalized spacial score (nSPS) is 15.3. The van der Waals surface area contributed by atoms with Crippen molar-refractivity contribution >= 4 is 34.7 Å². The number of aromatic nitrogens is 1. The van der Waals surface area contributed by atoms with E-state index in [1.165, 1.54) is 6.20 Å². The second-order valence-electron chi connectivity index (χ2n) is 8.82. The zero-order valence-corrected chi connectivity index (χ0v) is 19.9. The maximum Gasteiger partial charge on any atom is 0.260 e. The summed E-state index contributed by atoms with van der Waals surface area (Å²) in [4.78, 5) is 32.8. The Balaban J connectivity index is 1.29. The van der Waals surface area contributed by atoms with Gasteiger partial charge in [0.05, 0.1) is 24.5 Å². The second kappa shape index (κ2) is 10.7. The van der Waals surface area contributed by atoms with Gasteiger partial charge < -0.3 is 30.3 Å². The van der Waals surface area contributed by atoms with Gasteiger partial charge in [-0.05, 0) is 49.2 Å². The van der Waals surface area contributed by atoms with Gasteiger partial charge >= 0.3 is 0 Å². The minimum absolute atomic E-state index is 0.0112. The molecule has 1 aliphatic heterocycles. The lowest BCUT2D eigenvalue weighted by atomic mass is 10.1. The predicted octanol–water partition coefficient (Wildman–Crippen LogP) is 3.46. The summed E-state index contributed by atoms with van der Waals surface area (Å²) in [6.45, 7) is 2.30. The van der Waals surface area contributed by atoms with Crippen LogP contribution < -0.4 is 20.7 Å². The van der Waals surface area contributed by atoms with Crippen LogP contribution in [0.2, 0.25) is 0 Å². The molecule has 2 aliphatic rings. The molecule has 2 aromatic carbocycles. The number of rotatable bonds is 9. The summed E-state index contributed by atoms with van der Waals surface area (Å²) in [6, 6.07) is 19.5. The molecule has 2 heterocycles. The number of hydrogen-bond acceptors (Lipinski definition) is 7. The molecule has 36 heavy (non-hydrogen) atoms. The van der Waals surface area contributed by atoms with E-state index in [4.69, 9.17) is 15.2 Å². The highest BCUT2D eigenvalue weighted by Crippen LogP contribution is 2.40. The average molecular weight is 488 g/mol. The van der Waals surface area contributed by atoms with Gasteiger partial charge in [0.15, 0.2) is 6.61 Å². The molecule has 0 atom stereocenters. The van der Waals surface area contributed by atoms with Crippen molar-refractivity contribution in [3.63, 3.8) is 0 Å². The SMILES string of the molecule is NC(=O)c1cnc(Nc2ccc(OCC(=O)N3CCOCC3)cc2)cc1N(c1ccccc1)C1CC1. The van der Waals surface area contributed by atoms with Crippen molar-refractivity contribution in [1.29, 1.82) is 0 Å². The molecule has 186 valence electrons. The molecular formula is C27H29N5O4. The number of para-hydroxylation sites is 1. The molecule has 1 saturated heterocycles. The molecule has 0 bridgehead atoms. The number of carbonyl (C=O) groups is 2. The number of anilines is 4. The Morgan fingerprint density at radius 1 is 1.08 bits per heavy atom. The summed E-state index contributed by atoms with van der Waals surface area (Å²) >= 11 is 0. The quantitative estimate of drug-likeness (QED) is 0.476. The van der Waals surface area contributed by atoms with Gasteiger partial charge in [0, 0.05) is 42.8 Å². The van der Waals surface area contributed by atoms with Crippen molar-refractivity contribution in [3.8, 4) is 5.75 Å². The van der Waals surface area contributed by atoms with Crippen LogP contribution in [-0.2, 0) is 9.53 Å². The molecule has 1 aromatic heterocycles. The van der Waals surface area contributed by atoms with E-state index in [1.54, 1.807) is 17.0 Å². The zero-order valence-electron chi connectivity index (χ0n) is 19.9. The van der Waals surface area contributed by atoms with Crippen LogP contribution in [0.5, 0.6) is 5.75 Å². The average Bonchev–Trinajstić information content (AvgIpc) is 3.75. The van der Waals surface area contributed by atoms with Crippen LogP contribution in [0.4, 0.5) is 22.9 Å². The Morgan fingerprint density at radius 2 is 1.81 bits per heavy atom. The summed E-state index contributed by atoms with van der Waals surface area (Å²) in [7, 11) is 0. The van der Waals surface area contributed by atoms with Crippen molar-refractivity contribution in [2.24, 2.45) is 5.73 Å². The fourth-order valence-corrected chi connectivity index (χ4v) is 4.20. The van der Waals surface area contributed by atoms with Crippen LogP contribution in [-0.4, -0.2) is 60.7 Å². The number of amides is 2. The number of primary amides is 1. The molecule has 9 nitrogen and oxygen atoms in total. The van der Waals surface area contributed by atoms with Crippen molar-refractivity contribution in [1.82, 2.24) is 9.88 Å². The Kier molecular flexibility index (Phi) is 6.99. The first-order valence-electron chi connectivity index (χ1n) is 12.1. The van der Waals surface area contributed by atoms with Crippen LogP contribution in [0.15, 0.2) is 66.9 Å². The van der Waals surface area contributed by atoms with Gasteiger partial charge in [-0.25, -0.2) is 4.98 Å². The maximum atomic E-state index is 12.3. The Hall–Kier alpha value is -4.11. The van der Waals surface area contributed by atoms with E-state index >= 15 is 0 Å². The Labute approximate surface area is 209 Å². The highest BCUT2D eigenvalue weighted by Gasteiger charge is 2.32. The number of pyridine rings is 1. The van der Waals surface area contributed by atoms with Gasteiger partial charge in [-0.3, -0.25) is 9.59 Å². The maximum absolute atomic E-state index is 12.3. The first-order chi connectivity index (χ1) is 17.6. The number of morpholine rings is 1. The number of benzene rings is 2. The highest BCUT2D eigenvalue weighted by atomic mass is 16.5. The van der Waals surface area contributed by atoms with E-state index < -0.39 is 5.91 Å². The molecule has 2 fully saturated rings. The first-order valence-corrected chi connectivity index (χ1v) is 12.1. The van der Waals surface area contributed by atoms with Crippen molar-refractivity contribution in [3.05, 3.63) is 72.4 Å². The van der Waals surface area contributed by atoms with E-state index in [-0.39, 0.29) is 12.5 Å². The lowest BCUT2D eigenvalue weighted by Crippen LogP contribution is -2.42. The van der Waals surface area contributed by atoms with Gasteiger partial charge in [0.2, 0.25) is 0 Å². The van der Waals surface area contributed by atoms with Crippen molar-refractivity contribution in [2.75, 3.05) is 43.1 Å². The van der Waals surface area contributed by atoms with Crippen LogP contribution in [0.3, 0.4) is 0 Å². The van der Waals surface area contributed by atoms with Crippen LogP contribution in [0, 0.1) is 0 Å². The summed E-state index contributed by atoms with van der Waals surface area (Å²) in [5.74, 6) is 0.626. The number of nitrogens with zero attached hydrogens (tertiary/aromatic N) is 3. The Morgan fingerprint density at radius 3 is 2.47 bits per heavy atom. The lowest BCUT2D eigenvalue weighted by Gasteiger charge is -2.27. The Bertz CT molecular complexity index is 1210. The topological polar surface area (TPSA) is 110 Å². The molecule has 0 spiro atoms. The number of nitrogens with one attached hydrogen (secondary N) is 1. The number of nitrogens with two attached hydrogens (primary N) is 1. The van der Waals surface area contributed by atoms with E-state index in [0.29, 0.717) is 49.5 Å². The molecule has 0 unspecified atom stereocenters. The second-order valence-corrected chi connectivity index (χ2v) is 8.82. The van der Waals surface area contributed by atoms with Gasteiger partial charge in [-0.1, -0.05) is 18.2 Å². The van der Waals surface area contributed by atoms with E-state index in [0.717, 1.165) is 29.9 Å². The minimum Gasteiger partial charge on any atom is -0.484 e. The number of carbonyl (C=O) groups excluding carboxylic acids is 2.